The van der Waals surface area contributed by atoms with Gasteiger partial charge in [0.05, 0.1) is 17.4 Å². The number of aromatic nitrogens is 1. The summed E-state index contributed by atoms with van der Waals surface area (Å²) < 4.78 is 0. The molecule has 1 aliphatic rings. The fraction of sp³-hybridized carbons (Fsp3) is 0.389. The predicted molar refractivity (Wildman–Crippen MR) is 87.6 cm³/mol. The van der Waals surface area contributed by atoms with E-state index in [4.69, 9.17) is 0 Å². The quantitative estimate of drug-likeness (QED) is 0.917. The lowest BCUT2D eigenvalue weighted by molar-refractivity contribution is 0.392. The maximum atomic E-state index is 4.35. The molecular weight excluding hydrogens is 258 g/mol. The number of hydrogen-bond acceptors (Lipinski definition) is 3. The summed E-state index contributed by atoms with van der Waals surface area (Å²) in [5, 5.41) is 3.73. The zero-order valence-electron chi connectivity index (χ0n) is 12.8. The Bertz CT molecular complexity index is 596. The standard InChI is InChI=1S/C18H23N3/c1-15-11-17(13-19-12-15)21-10-6-9-20-18(2,14-21)16-7-4-3-5-8-16/h3-5,7-8,11-13,20H,6,9-10,14H2,1-2H3. The molecule has 1 atom stereocenters. The average molecular weight is 281 g/mol. The van der Waals surface area contributed by atoms with Gasteiger partial charge in [0.25, 0.3) is 0 Å². The van der Waals surface area contributed by atoms with E-state index in [1.807, 2.05) is 12.4 Å². The van der Waals surface area contributed by atoms with Crippen LogP contribution in [0.3, 0.4) is 0 Å². The maximum Gasteiger partial charge on any atom is 0.0583 e. The van der Waals surface area contributed by atoms with Crippen LogP contribution in [-0.4, -0.2) is 24.6 Å². The molecule has 1 aliphatic heterocycles. The van der Waals surface area contributed by atoms with E-state index < -0.39 is 0 Å². The van der Waals surface area contributed by atoms with Gasteiger partial charge in [0.1, 0.15) is 0 Å². The van der Waals surface area contributed by atoms with Crippen molar-refractivity contribution >= 4 is 5.69 Å². The lowest BCUT2D eigenvalue weighted by Gasteiger charge is -2.35. The van der Waals surface area contributed by atoms with Gasteiger partial charge in [-0.3, -0.25) is 4.98 Å². The highest BCUT2D eigenvalue weighted by Crippen LogP contribution is 2.27. The van der Waals surface area contributed by atoms with Crippen molar-refractivity contribution in [2.45, 2.75) is 25.8 Å². The molecule has 110 valence electrons. The second kappa shape index (κ2) is 5.86. The lowest BCUT2D eigenvalue weighted by atomic mass is 9.91. The van der Waals surface area contributed by atoms with E-state index >= 15 is 0 Å². The lowest BCUT2D eigenvalue weighted by Crippen LogP contribution is -2.46. The molecule has 3 rings (SSSR count). The minimum Gasteiger partial charge on any atom is -0.368 e. The van der Waals surface area contributed by atoms with Crippen LogP contribution in [-0.2, 0) is 5.54 Å². The molecule has 2 aromatic rings. The van der Waals surface area contributed by atoms with Gasteiger partial charge < -0.3 is 10.2 Å². The van der Waals surface area contributed by atoms with Gasteiger partial charge in [0, 0.05) is 19.3 Å². The Balaban J connectivity index is 1.90. The first-order chi connectivity index (χ1) is 10.2. The molecule has 0 radical (unpaired) electrons. The molecule has 0 bridgehead atoms. The van der Waals surface area contributed by atoms with Gasteiger partial charge in [-0.15, -0.1) is 0 Å². The van der Waals surface area contributed by atoms with Crippen LogP contribution >= 0.6 is 0 Å². The van der Waals surface area contributed by atoms with Crippen LogP contribution in [0.15, 0.2) is 48.8 Å². The van der Waals surface area contributed by atoms with Crippen molar-refractivity contribution in [2.24, 2.45) is 0 Å². The Morgan fingerprint density at radius 2 is 2.00 bits per heavy atom. The summed E-state index contributed by atoms with van der Waals surface area (Å²) >= 11 is 0. The molecule has 1 fully saturated rings. The Labute approximate surface area is 127 Å². The molecule has 0 aliphatic carbocycles. The van der Waals surface area contributed by atoms with Crippen molar-refractivity contribution in [1.82, 2.24) is 10.3 Å². The van der Waals surface area contributed by atoms with Crippen LogP contribution < -0.4 is 10.2 Å². The van der Waals surface area contributed by atoms with Crippen LogP contribution in [0, 0.1) is 6.92 Å². The fourth-order valence-corrected chi connectivity index (χ4v) is 3.08. The Kier molecular flexibility index (Phi) is 3.93. The molecule has 0 amide bonds. The molecule has 21 heavy (non-hydrogen) atoms. The highest BCUT2D eigenvalue weighted by Gasteiger charge is 2.30. The first-order valence-electron chi connectivity index (χ1n) is 7.64. The zero-order chi connectivity index (χ0) is 14.7. The Morgan fingerprint density at radius 3 is 2.76 bits per heavy atom. The summed E-state index contributed by atoms with van der Waals surface area (Å²) in [6.07, 6.45) is 5.04. The highest BCUT2D eigenvalue weighted by molar-refractivity contribution is 5.47. The van der Waals surface area contributed by atoms with Gasteiger partial charge in [-0.25, -0.2) is 0 Å². The summed E-state index contributed by atoms with van der Waals surface area (Å²) in [6, 6.07) is 13.0. The average Bonchev–Trinajstić information content (AvgIpc) is 2.71. The molecule has 1 N–H and O–H groups in total. The maximum absolute atomic E-state index is 4.35. The van der Waals surface area contributed by atoms with Gasteiger partial charge in [-0.2, -0.15) is 0 Å². The number of rotatable bonds is 2. The summed E-state index contributed by atoms with van der Waals surface area (Å²) in [4.78, 5) is 6.80. The van der Waals surface area contributed by atoms with Gasteiger partial charge >= 0.3 is 0 Å². The van der Waals surface area contributed by atoms with Crippen molar-refractivity contribution in [3.8, 4) is 0 Å². The SMILES string of the molecule is Cc1cncc(N2CCCNC(C)(c3ccccc3)C2)c1. The van der Waals surface area contributed by atoms with E-state index in [9.17, 15) is 0 Å². The van der Waals surface area contributed by atoms with Crippen LogP contribution in [0.2, 0.25) is 0 Å². The summed E-state index contributed by atoms with van der Waals surface area (Å²) in [5.41, 5.74) is 3.76. The van der Waals surface area contributed by atoms with E-state index in [0.717, 1.165) is 26.1 Å². The number of benzene rings is 1. The van der Waals surface area contributed by atoms with Crippen molar-refractivity contribution in [3.63, 3.8) is 0 Å². The second-order valence-electron chi connectivity index (χ2n) is 6.12. The minimum absolute atomic E-state index is 0.0263. The largest absolute Gasteiger partial charge is 0.368 e. The van der Waals surface area contributed by atoms with Crippen LogP contribution in [0.4, 0.5) is 5.69 Å². The molecule has 0 saturated carbocycles. The summed E-state index contributed by atoms with van der Waals surface area (Å²) in [5.74, 6) is 0. The van der Waals surface area contributed by atoms with E-state index in [0.29, 0.717) is 0 Å². The molecule has 1 unspecified atom stereocenters. The molecule has 2 heterocycles. The monoisotopic (exact) mass is 281 g/mol. The smallest absolute Gasteiger partial charge is 0.0583 e. The fourth-order valence-electron chi connectivity index (χ4n) is 3.08. The number of nitrogens with zero attached hydrogens (tertiary/aromatic N) is 2. The highest BCUT2D eigenvalue weighted by atomic mass is 15.2. The second-order valence-corrected chi connectivity index (χ2v) is 6.12. The zero-order valence-corrected chi connectivity index (χ0v) is 12.8. The van der Waals surface area contributed by atoms with Gasteiger partial charge in [0.2, 0.25) is 0 Å². The molecule has 1 aromatic heterocycles. The van der Waals surface area contributed by atoms with Crippen LogP contribution in [0.1, 0.15) is 24.5 Å². The van der Waals surface area contributed by atoms with Crippen molar-refractivity contribution in [3.05, 3.63) is 59.9 Å². The van der Waals surface area contributed by atoms with Gasteiger partial charge in [-0.1, -0.05) is 30.3 Å². The minimum atomic E-state index is -0.0263. The van der Waals surface area contributed by atoms with Gasteiger partial charge in [-0.05, 0) is 44.0 Å². The number of aryl methyl sites for hydroxylation is 1. The Morgan fingerprint density at radius 1 is 1.19 bits per heavy atom. The number of hydrogen-bond donors (Lipinski definition) is 1. The summed E-state index contributed by atoms with van der Waals surface area (Å²) in [6.45, 7) is 7.47. The van der Waals surface area contributed by atoms with E-state index in [1.165, 1.54) is 16.8 Å². The van der Waals surface area contributed by atoms with Crippen molar-refractivity contribution in [2.75, 3.05) is 24.5 Å². The summed E-state index contributed by atoms with van der Waals surface area (Å²) in [7, 11) is 0. The third-order valence-electron chi connectivity index (χ3n) is 4.26. The van der Waals surface area contributed by atoms with Crippen LogP contribution in [0.25, 0.3) is 0 Å². The molecule has 3 heteroatoms. The molecule has 0 spiro atoms. The third-order valence-corrected chi connectivity index (χ3v) is 4.26. The topological polar surface area (TPSA) is 28.2 Å². The normalized spacial score (nSPS) is 22.9. The first kappa shape index (κ1) is 14.1. The molecule has 1 saturated heterocycles. The molecule has 1 aromatic carbocycles. The molecule has 3 nitrogen and oxygen atoms in total. The number of nitrogens with one attached hydrogen (secondary N) is 1. The van der Waals surface area contributed by atoms with Crippen molar-refractivity contribution in [1.29, 1.82) is 0 Å². The van der Waals surface area contributed by atoms with Gasteiger partial charge in [0.15, 0.2) is 0 Å². The Hall–Kier alpha value is -1.87. The molecular formula is C18H23N3. The van der Waals surface area contributed by atoms with Crippen LogP contribution in [0.5, 0.6) is 0 Å². The predicted octanol–water partition coefficient (Wildman–Crippen LogP) is 3.11. The number of anilines is 1. The first-order valence-corrected chi connectivity index (χ1v) is 7.64. The van der Waals surface area contributed by atoms with E-state index in [-0.39, 0.29) is 5.54 Å². The number of pyridine rings is 1. The third kappa shape index (κ3) is 3.08. The van der Waals surface area contributed by atoms with E-state index in [1.54, 1.807) is 0 Å². The van der Waals surface area contributed by atoms with Crippen molar-refractivity contribution < 1.29 is 0 Å². The van der Waals surface area contributed by atoms with E-state index in [2.05, 4.69) is 65.4 Å².